The van der Waals surface area contributed by atoms with Gasteiger partial charge in [-0.15, -0.1) is 0 Å². The zero-order chi connectivity index (χ0) is 20.6. The van der Waals surface area contributed by atoms with Crippen LogP contribution in [0.15, 0.2) is 48.5 Å². The molecule has 0 spiro atoms. The summed E-state index contributed by atoms with van der Waals surface area (Å²) in [6.07, 6.45) is 0.147. The fourth-order valence-corrected chi connectivity index (χ4v) is 3.82. The average molecular weight is 420 g/mol. The molecule has 0 aliphatic heterocycles. The van der Waals surface area contributed by atoms with E-state index in [0.717, 1.165) is 27.8 Å². The van der Waals surface area contributed by atoms with Gasteiger partial charge in [0.25, 0.3) is 5.91 Å². The Labute approximate surface area is 178 Å². The van der Waals surface area contributed by atoms with Crippen molar-refractivity contribution in [3.63, 3.8) is 0 Å². The Kier molecular flexibility index (Phi) is 8.71. The van der Waals surface area contributed by atoms with Gasteiger partial charge < -0.3 is 10.1 Å². The smallest absolute Gasteiger partial charge is 0.261 e. The van der Waals surface area contributed by atoms with Crippen LogP contribution in [0.4, 0.5) is 0 Å². The summed E-state index contributed by atoms with van der Waals surface area (Å²) in [7, 11) is 0. The third kappa shape index (κ3) is 7.06. The molecule has 0 fully saturated rings. The first kappa shape index (κ1) is 22.6. The molecule has 0 aliphatic carbocycles. The fourth-order valence-electron chi connectivity index (χ4n) is 2.68. The first-order valence-corrected chi connectivity index (χ1v) is 11.2. The summed E-state index contributed by atoms with van der Waals surface area (Å²) in [5, 5.41) is 3.76. The van der Waals surface area contributed by atoms with Crippen LogP contribution in [0.2, 0.25) is 5.02 Å². The highest BCUT2D eigenvalue weighted by molar-refractivity contribution is 7.98. The number of carbonyl (C=O) groups excluding carboxylic acids is 1. The second-order valence-electron chi connectivity index (χ2n) is 7.72. The molecular formula is C23H30ClNO2S. The molecule has 0 saturated heterocycles. The maximum absolute atomic E-state index is 12.4. The van der Waals surface area contributed by atoms with Crippen molar-refractivity contribution in [3.05, 3.63) is 64.7 Å². The highest BCUT2D eigenvalue weighted by Crippen LogP contribution is 2.25. The third-order valence-electron chi connectivity index (χ3n) is 4.42. The molecule has 1 N–H and O–H groups in total. The highest BCUT2D eigenvalue weighted by Gasteiger charge is 2.19. The van der Waals surface area contributed by atoms with Crippen molar-refractivity contribution in [1.82, 2.24) is 5.32 Å². The van der Waals surface area contributed by atoms with Gasteiger partial charge in [0, 0.05) is 23.1 Å². The van der Waals surface area contributed by atoms with Gasteiger partial charge in [-0.3, -0.25) is 4.79 Å². The summed E-state index contributed by atoms with van der Waals surface area (Å²) in [5.74, 6) is 2.32. The number of ether oxygens (including phenoxy) is 1. The van der Waals surface area contributed by atoms with Gasteiger partial charge in [-0.1, -0.05) is 69.6 Å². The number of rotatable bonds is 9. The van der Waals surface area contributed by atoms with E-state index in [1.54, 1.807) is 11.8 Å². The van der Waals surface area contributed by atoms with Gasteiger partial charge in [0.2, 0.25) is 0 Å². The lowest BCUT2D eigenvalue weighted by atomic mass is 9.87. The topological polar surface area (TPSA) is 38.3 Å². The minimum Gasteiger partial charge on any atom is -0.481 e. The predicted octanol–water partition coefficient (Wildman–Crippen LogP) is 5.84. The summed E-state index contributed by atoms with van der Waals surface area (Å²) < 4.78 is 5.90. The minimum absolute atomic E-state index is 0.0688. The number of thioether (sulfide) groups is 1. The summed E-state index contributed by atoms with van der Waals surface area (Å²) in [5.41, 5.74) is 2.46. The number of carbonyl (C=O) groups is 1. The molecule has 0 saturated carbocycles. The summed E-state index contributed by atoms with van der Waals surface area (Å²) >= 11 is 7.91. The molecule has 0 radical (unpaired) electrons. The maximum Gasteiger partial charge on any atom is 0.261 e. The Morgan fingerprint density at radius 2 is 1.82 bits per heavy atom. The van der Waals surface area contributed by atoms with Gasteiger partial charge in [0.15, 0.2) is 6.10 Å². The Hall–Kier alpha value is -1.65. The molecule has 3 nitrogen and oxygen atoms in total. The molecule has 1 atom stereocenters. The van der Waals surface area contributed by atoms with E-state index in [2.05, 4.69) is 38.2 Å². The van der Waals surface area contributed by atoms with E-state index in [4.69, 9.17) is 16.3 Å². The maximum atomic E-state index is 12.4. The first-order valence-electron chi connectivity index (χ1n) is 9.67. The molecule has 2 rings (SSSR count). The molecule has 0 bridgehead atoms. The van der Waals surface area contributed by atoms with Gasteiger partial charge in [0.05, 0.1) is 0 Å². The Balaban J connectivity index is 1.76. The van der Waals surface area contributed by atoms with E-state index < -0.39 is 6.10 Å². The summed E-state index contributed by atoms with van der Waals surface area (Å²) in [6.45, 7) is 9.09. The Morgan fingerprint density at radius 1 is 1.14 bits per heavy atom. The van der Waals surface area contributed by atoms with E-state index in [-0.39, 0.29) is 11.3 Å². The molecule has 2 aromatic rings. The van der Waals surface area contributed by atoms with E-state index in [9.17, 15) is 4.79 Å². The van der Waals surface area contributed by atoms with E-state index in [1.807, 2.05) is 43.3 Å². The van der Waals surface area contributed by atoms with E-state index in [1.165, 1.54) is 5.56 Å². The lowest BCUT2D eigenvalue weighted by Crippen LogP contribution is -2.39. The van der Waals surface area contributed by atoms with Crippen LogP contribution < -0.4 is 10.1 Å². The monoisotopic (exact) mass is 419 g/mol. The van der Waals surface area contributed by atoms with Crippen LogP contribution >= 0.6 is 23.4 Å². The van der Waals surface area contributed by atoms with Crippen LogP contribution in [0.5, 0.6) is 5.75 Å². The fraction of sp³-hybridized carbons (Fsp3) is 0.435. The molecule has 0 heterocycles. The SMILES string of the molecule is CCC(Oc1ccc(C(C)(C)C)cc1)C(=O)NCCSCc1ccccc1Cl. The second-order valence-corrected chi connectivity index (χ2v) is 9.24. The van der Waals surface area contributed by atoms with Gasteiger partial charge in [-0.25, -0.2) is 0 Å². The van der Waals surface area contributed by atoms with Gasteiger partial charge in [-0.2, -0.15) is 11.8 Å². The van der Waals surface area contributed by atoms with Crippen molar-refractivity contribution in [2.75, 3.05) is 12.3 Å². The minimum atomic E-state index is -0.478. The van der Waals surface area contributed by atoms with Crippen molar-refractivity contribution in [2.24, 2.45) is 0 Å². The van der Waals surface area contributed by atoms with Crippen LogP contribution in [-0.4, -0.2) is 24.3 Å². The van der Waals surface area contributed by atoms with Crippen molar-refractivity contribution in [1.29, 1.82) is 0 Å². The van der Waals surface area contributed by atoms with Gasteiger partial charge in [-0.05, 0) is 41.2 Å². The number of hydrogen-bond donors (Lipinski definition) is 1. The molecule has 0 aliphatic rings. The number of amides is 1. The second kappa shape index (κ2) is 10.8. The van der Waals surface area contributed by atoms with Gasteiger partial charge >= 0.3 is 0 Å². The quantitative estimate of drug-likeness (QED) is 0.518. The highest BCUT2D eigenvalue weighted by atomic mass is 35.5. The van der Waals surface area contributed by atoms with Crippen LogP contribution in [0.1, 0.15) is 45.2 Å². The number of hydrogen-bond acceptors (Lipinski definition) is 3. The predicted molar refractivity (Wildman–Crippen MR) is 120 cm³/mol. The van der Waals surface area contributed by atoms with Gasteiger partial charge in [0.1, 0.15) is 5.75 Å². The molecule has 1 unspecified atom stereocenters. The van der Waals surface area contributed by atoms with Crippen LogP contribution in [0.3, 0.4) is 0 Å². The molecule has 2 aromatic carbocycles. The Morgan fingerprint density at radius 3 is 2.43 bits per heavy atom. The molecule has 5 heteroatoms. The van der Waals surface area contributed by atoms with Crippen LogP contribution in [0, 0.1) is 0 Å². The van der Waals surface area contributed by atoms with Crippen molar-refractivity contribution in [3.8, 4) is 5.75 Å². The normalized spacial score (nSPS) is 12.5. The van der Waals surface area contributed by atoms with E-state index >= 15 is 0 Å². The number of halogens is 1. The zero-order valence-electron chi connectivity index (χ0n) is 17.1. The molecule has 1 amide bonds. The zero-order valence-corrected chi connectivity index (χ0v) is 18.7. The third-order valence-corrected chi connectivity index (χ3v) is 5.80. The van der Waals surface area contributed by atoms with Crippen molar-refractivity contribution in [2.45, 2.75) is 51.4 Å². The first-order chi connectivity index (χ1) is 13.3. The molecule has 28 heavy (non-hydrogen) atoms. The summed E-state index contributed by atoms with van der Waals surface area (Å²) in [4.78, 5) is 12.4. The molecule has 0 aromatic heterocycles. The standard InChI is InChI=1S/C23H30ClNO2S/c1-5-21(27-19-12-10-18(11-13-19)23(2,3)4)22(26)25-14-15-28-16-17-8-6-7-9-20(17)24/h6-13,21H,5,14-16H2,1-4H3,(H,25,26). The van der Waals surface area contributed by atoms with Crippen LogP contribution in [-0.2, 0) is 16.0 Å². The van der Waals surface area contributed by atoms with Crippen molar-refractivity contribution >= 4 is 29.3 Å². The largest absolute Gasteiger partial charge is 0.481 e. The lowest BCUT2D eigenvalue weighted by Gasteiger charge is -2.21. The lowest BCUT2D eigenvalue weighted by molar-refractivity contribution is -0.127. The van der Waals surface area contributed by atoms with E-state index in [0.29, 0.717) is 13.0 Å². The van der Waals surface area contributed by atoms with Crippen LogP contribution in [0.25, 0.3) is 0 Å². The molecular weight excluding hydrogens is 390 g/mol. The average Bonchev–Trinajstić information content (AvgIpc) is 2.66. The number of benzene rings is 2. The van der Waals surface area contributed by atoms with Crippen molar-refractivity contribution < 1.29 is 9.53 Å². The summed E-state index contributed by atoms with van der Waals surface area (Å²) in [6, 6.07) is 15.8. The molecule has 152 valence electrons. The Bertz CT molecular complexity index is 756. The number of nitrogens with one attached hydrogen (secondary N) is 1.